The summed E-state index contributed by atoms with van der Waals surface area (Å²) < 4.78 is 22.7. The predicted molar refractivity (Wildman–Crippen MR) is 571 cm³/mol. The third-order valence-corrected chi connectivity index (χ3v) is 33.5. The van der Waals surface area contributed by atoms with Crippen LogP contribution in [0.5, 0.6) is 0 Å². The number of thiophene rings is 6. The van der Waals surface area contributed by atoms with E-state index in [0.717, 1.165) is 100 Å². The van der Waals surface area contributed by atoms with Crippen molar-refractivity contribution >= 4 is 265 Å². The molecule has 0 fully saturated rings. The molecule has 30 aromatic rings. The minimum Gasteiger partial charge on any atom is -0.294 e. The molecule has 15 heteroatoms. The highest BCUT2D eigenvalue weighted by Crippen LogP contribution is 2.54. The fraction of sp³-hybridized carbons (Fsp3) is 0. The Morgan fingerprint density at radius 1 is 0.173 bits per heavy atom. The van der Waals surface area contributed by atoms with Crippen LogP contribution in [0.25, 0.3) is 271 Å². The molecule has 133 heavy (non-hydrogen) atoms. The molecule has 0 aliphatic heterocycles. The average Bonchev–Trinajstić information content (AvgIpc) is 1.55. The number of nitrogens with zero attached hydrogens (tertiary/aromatic N) is 9. The van der Waals surface area contributed by atoms with Gasteiger partial charge in [-0.1, -0.05) is 315 Å². The Hall–Kier alpha value is -15.8. The molecule has 0 atom stereocenters. The molecule has 12 aromatic heterocycles. The summed E-state index contributed by atoms with van der Waals surface area (Å²) in [6.07, 6.45) is 0. The van der Waals surface area contributed by atoms with Gasteiger partial charge in [-0.05, 0) is 84.9 Å². The van der Waals surface area contributed by atoms with Crippen LogP contribution >= 0.6 is 68.0 Å². The topological polar surface area (TPSA) is 92.1 Å². The first-order valence-electron chi connectivity index (χ1n) is 44.4. The van der Waals surface area contributed by atoms with E-state index in [-0.39, 0.29) is 0 Å². The van der Waals surface area contributed by atoms with Gasteiger partial charge in [0.25, 0.3) is 0 Å². The normalized spacial score (nSPS) is 12.1. The second kappa shape index (κ2) is 30.4. The summed E-state index contributed by atoms with van der Waals surface area (Å²) in [5.41, 5.74) is 16.7. The lowest BCUT2D eigenvalue weighted by Gasteiger charge is -2.12. The van der Waals surface area contributed by atoms with Gasteiger partial charge in [-0.25, -0.2) is 29.9 Å². The molecule has 0 aliphatic rings. The highest BCUT2D eigenvalue weighted by Gasteiger charge is 2.29. The van der Waals surface area contributed by atoms with Crippen molar-refractivity contribution in [3.8, 4) is 74.1 Å². The number of para-hydroxylation sites is 1. The van der Waals surface area contributed by atoms with E-state index in [2.05, 4.69) is 378 Å². The largest absolute Gasteiger partial charge is 0.294 e. The second-order valence-corrected chi connectivity index (χ2v) is 40.0. The minimum absolute atomic E-state index is 0.677. The number of rotatable bonds is 8. The third-order valence-electron chi connectivity index (χ3n) is 26.3. The average molecular weight is 1800 g/mol. The molecule has 620 valence electrons. The van der Waals surface area contributed by atoms with Crippen LogP contribution in [0.15, 0.2) is 406 Å². The first kappa shape index (κ1) is 76.1. The molecule has 12 heterocycles. The van der Waals surface area contributed by atoms with Crippen LogP contribution in [0.4, 0.5) is 0 Å². The Morgan fingerprint density at radius 3 is 0.752 bits per heavy atom. The minimum atomic E-state index is 0.677. The molecule has 9 nitrogen and oxygen atoms in total. The van der Waals surface area contributed by atoms with Gasteiger partial charge in [-0.2, -0.15) is 0 Å². The fourth-order valence-corrected chi connectivity index (χ4v) is 27.9. The van der Waals surface area contributed by atoms with Crippen molar-refractivity contribution in [3.05, 3.63) is 406 Å². The second-order valence-electron chi connectivity index (χ2n) is 33.7. The molecule has 0 radical (unpaired) electrons. The first-order chi connectivity index (χ1) is 66.0. The van der Waals surface area contributed by atoms with Gasteiger partial charge in [0.15, 0.2) is 5.82 Å². The van der Waals surface area contributed by atoms with E-state index in [1.807, 2.05) is 110 Å². The summed E-state index contributed by atoms with van der Waals surface area (Å²) in [6, 6.07) is 145. The van der Waals surface area contributed by atoms with Crippen LogP contribution in [0.2, 0.25) is 0 Å². The summed E-state index contributed by atoms with van der Waals surface area (Å²) in [6.45, 7) is 0. The number of aromatic nitrogens is 9. The highest BCUT2D eigenvalue weighted by molar-refractivity contribution is 7.30. The van der Waals surface area contributed by atoms with Crippen LogP contribution in [-0.4, -0.2) is 43.6 Å². The zero-order valence-electron chi connectivity index (χ0n) is 70.7. The maximum atomic E-state index is 5.32. The van der Waals surface area contributed by atoms with Gasteiger partial charge < -0.3 is 0 Å². The van der Waals surface area contributed by atoms with Crippen LogP contribution < -0.4 is 0 Å². The van der Waals surface area contributed by atoms with Crippen molar-refractivity contribution in [3.63, 3.8) is 0 Å². The van der Waals surface area contributed by atoms with Crippen molar-refractivity contribution in [1.82, 2.24) is 43.6 Å². The monoisotopic (exact) mass is 1800 g/mol. The zero-order chi connectivity index (χ0) is 87.0. The van der Waals surface area contributed by atoms with Gasteiger partial charge >= 0.3 is 0 Å². The lowest BCUT2D eigenvalue weighted by atomic mass is 10.1. The van der Waals surface area contributed by atoms with E-state index >= 15 is 0 Å². The Balaban J connectivity index is 0.0000000996. The first-order valence-corrected chi connectivity index (χ1v) is 49.3. The van der Waals surface area contributed by atoms with Gasteiger partial charge in [0.05, 0.1) is 61.4 Å². The molecular formula is C118H67N9S6. The quantitative estimate of drug-likeness (QED) is 0.150. The van der Waals surface area contributed by atoms with Crippen molar-refractivity contribution in [2.45, 2.75) is 0 Å². The maximum absolute atomic E-state index is 5.32. The number of benzene rings is 18. The Labute approximate surface area is 782 Å². The molecule has 0 aliphatic carbocycles. The van der Waals surface area contributed by atoms with E-state index in [4.69, 9.17) is 29.9 Å². The Morgan fingerprint density at radius 2 is 0.429 bits per heavy atom. The van der Waals surface area contributed by atoms with Gasteiger partial charge in [0, 0.05) is 193 Å². The third kappa shape index (κ3) is 12.0. The SMILES string of the molecule is c1ccc(-c2cc(-c3ccccc3)nc(-n3c4ccc5c6ccccc6sc5c4c4c5sc6ccccc6c5ccc43)n2)cc1.c1ccc(-c2cc(-n3c4ccc5c6ccccc6sc5c4c4c5sc6ccccc6c5ccc43)nc(-c3ccccc3)n2)cc1.c1ccc(-c2nc(-n3c4ccc5c6ccccc6sc5c4c4c5sc6ccccc6c5ccc43)nc3ccccc23)cc1. The van der Waals surface area contributed by atoms with Gasteiger partial charge in [-0.15, -0.1) is 68.0 Å². The van der Waals surface area contributed by atoms with Crippen LogP contribution in [0, 0.1) is 0 Å². The molecule has 0 amide bonds. The van der Waals surface area contributed by atoms with Crippen molar-refractivity contribution in [2.24, 2.45) is 0 Å². The predicted octanol–water partition coefficient (Wildman–Crippen LogP) is 34.4. The molecule has 18 aromatic carbocycles. The van der Waals surface area contributed by atoms with E-state index in [0.29, 0.717) is 17.7 Å². The molecule has 0 bridgehead atoms. The van der Waals surface area contributed by atoms with E-state index < -0.39 is 0 Å². The Bertz CT molecular complexity index is 9180. The molecule has 0 unspecified atom stereocenters. The molecule has 30 rings (SSSR count). The molecule has 0 N–H and O–H groups in total. The Kier molecular flexibility index (Phi) is 17.4. The van der Waals surface area contributed by atoms with E-state index in [1.54, 1.807) is 0 Å². The maximum Gasteiger partial charge on any atom is 0.235 e. The molecule has 0 saturated heterocycles. The highest BCUT2D eigenvalue weighted by atomic mass is 32.1. The fourth-order valence-electron chi connectivity index (χ4n) is 20.4. The van der Waals surface area contributed by atoms with Gasteiger partial charge in [0.1, 0.15) is 5.82 Å². The summed E-state index contributed by atoms with van der Waals surface area (Å²) in [4.78, 5) is 31.4. The summed E-state index contributed by atoms with van der Waals surface area (Å²) >= 11 is 11.3. The molecule has 0 spiro atoms. The molecular weight excluding hydrogens is 1740 g/mol. The molecule has 0 saturated carbocycles. The van der Waals surface area contributed by atoms with E-state index in [9.17, 15) is 0 Å². The standard InChI is InChI=1S/2C40H23N3S2.C38H21N3S2/c1-3-11-24(12-4-1)30-23-31(25-13-5-2-6-14-25)42-40(41-30)43-32-21-19-28-26-15-7-9-17-34(26)44-38(28)36(32)37-33(43)22-20-29-27-16-8-10-18-35(27)45-39(29)37;1-3-11-24(12-4-1)30-23-35(42-40(41-30)25-13-5-2-6-14-25)43-31-21-19-28-26-15-7-9-17-33(26)44-38(28)36(31)37-32(43)22-20-29-27-16-8-10-18-34(27)45-39(29)37;1-2-10-22(11-3-1)35-27-14-4-7-15-28(27)39-38(40-35)41-29-20-18-25-23-12-5-8-16-31(23)42-36(25)33(29)34-30(41)21-19-26-24-13-6-9-17-32(24)43-37(26)34/h2*1-23H;1-21H. The summed E-state index contributed by atoms with van der Waals surface area (Å²) in [5, 5.41) is 24.4. The van der Waals surface area contributed by atoms with Gasteiger partial charge in [-0.3, -0.25) is 13.7 Å². The summed E-state index contributed by atoms with van der Waals surface area (Å²) in [5.74, 6) is 2.95. The summed E-state index contributed by atoms with van der Waals surface area (Å²) in [7, 11) is 0. The zero-order valence-corrected chi connectivity index (χ0v) is 75.6. The number of fused-ring (bicyclic) bond motifs is 34. The van der Waals surface area contributed by atoms with Crippen molar-refractivity contribution in [1.29, 1.82) is 0 Å². The van der Waals surface area contributed by atoms with E-state index in [1.165, 1.54) is 153 Å². The van der Waals surface area contributed by atoms with Gasteiger partial charge in [0.2, 0.25) is 11.9 Å². The van der Waals surface area contributed by atoms with Crippen molar-refractivity contribution in [2.75, 3.05) is 0 Å². The number of hydrogen-bond acceptors (Lipinski definition) is 12. The van der Waals surface area contributed by atoms with Crippen molar-refractivity contribution < 1.29 is 0 Å². The van der Waals surface area contributed by atoms with Crippen LogP contribution in [-0.2, 0) is 0 Å². The number of hydrogen-bond donors (Lipinski definition) is 0. The van der Waals surface area contributed by atoms with Crippen LogP contribution in [0.1, 0.15) is 0 Å². The lowest BCUT2D eigenvalue weighted by Crippen LogP contribution is -2.03. The smallest absolute Gasteiger partial charge is 0.235 e. The lowest BCUT2D eigenvalue weighted by molar-refractivity contribution is 0.996. The van der Waals surface area contributed by atoms with Crippen LogP contribution in [0.3, 0.4) is 0 Å².